The van der Waals surface area contributed by atoms with Gasteiger partial charge in [-0.05, 0) is 0 Å². The van der Waals surface area contributed by atoms with Crippen LogP contribution >= 0.6 is 0 Å². The molecule has 0 unspecified atom stereocenters. The van der Waals surface area contributed by atoms with Gasteiger partial charge in [0.2, 0.25) is 0 Å². The van der Waals surface area contributed by atoms with Crippen LogP contribution in [0, 0.1) is 0 Å². The Morgan fingerprint density at radius 1 is 0.571 bits per heavy atom. The topological polar surface area (TPSA) is 34.1 Å². The quantitative estimate of drug-likeness (QED) is 0.339. The Labute approximate surface area is 179 Å². The van der Waals surface area contributed by atoms with Crippen molar-refractivity contribution in [3.8, 4) is 0 Å². The van der Waals surface area contributed by atoms with Gasteiger partial charge in [0.05, 0.1) is 0 Å². The first-order valence-corrected chi connectivity index (χ1v) is 13.6. The van der Waals surface area contributed by atoms with Gasteiger partial charge in [-0.3, -0.25) is 0 Å². The van der Waals surface area contributed by atoms with Crippen molar-refractivity contribution >= 4 is 13.5 Å². The maximum atomic E-state index is 12.6. The average molecular weight is 472 g/mol. The molecule has 0 fully saturated rings. The van der Waals surface area contributed by atoms with Crippen LogP contribution in [-0.4, -0.2) is 0 Å². The van der Waals surface area contributed by atoms with Gasteiger partial charge in [-0.15, -0.1) is 0 Å². The van der Waals surface area contributed by atoms with Gasteiger partial charge in [0.15, 0.2) is 0 Å². The Morgan fingerprint density at radius 2 is 1.04 bits per heavy atom. The van der Waals surface area contributed by atoms with E-state index in [1.165, 1.54) is 57.8 Å². The summed E-state index contributed by atoms with van der Waals surface area (Å²) in [7, 11) is 0. The number of rotatable bonds is 14. The first-order valence-electron chi connectivity index (χ1n) is 10.4. The van der Waals surface area contributed by atoms with Gasteiger partial charge in [-0.25, -0.2) is 0 Å². The van der Waals surface area contributed by atoms with E-state index in [9.17, 15) is 7.73 Å². The van der Waals surface area contributed by atoms with Gasteiger partial charge in [0.25, 0.3) is 0 Å². The Kier molecular flexibility index (Phi) is 11.8. The number of hydrogen-bond acceptors (Lipinski definition) is 2. The van der Waals surface area contributed by atoms with Crippen LogP contribution in [0.4, 0.5) is 0 Å². The molecule has 160 valence electrons. The van der Waals surface area contributed by atoms with Crippen molar-refractivity contribution in [2.45, 2.75) is 76.5 Å². The monoisotopic (exact) mass is 472 g/mol. The van der Waals surface area contributed by atoms with Crippen molar-refractivity contribution in [1.29, 1.82) is 0 Å². The molecule has 2 aromatic rings. The van der Waals surface area contributed by atoms with Crippen LogP contribution in [0.25, 0.3) is 0 Å². The molecule has 0 aliphatic rings. The van der Waals surface area contributed by atoms with Crippen LogP contribution in [0.2, 0.25) is 5.36 Å². The van der Waals surface area contributed by atoms with E-state index in [1.54, 1.807) is 0 Å². The van der Waals surface area contributed by atoms with Gasteiger partial charge in [-0.1, -0.05) is 0 Å². The number of hydrogen-bond donors (Lipinski definition) is 0. The molecule has 0 aromatic heterocycles. The zero-order chi connectivity index (χ0) is 20.0. The number of benzene rings is 2. The van der Waals surface area contributed by atoms with Gasteiger partial charge in [0.1, 0.15) is 0 Å². The van der Waals surface area contributed by atoms with E-state index in [1.807, 2.05) is 54.6 Å². The van der Waals surface area contributed by atoms with Crippen molar-refractivity contribution < 1.29 is 34.9 Å². The third kappa shape index (κ3) is 8.60. The molecule has 0 N–H and O–H groups in total. The molecule has 2 nitrogen and oxygen atoms in total. The number of unbranched alkanes of at least 4 members (excludes halogenated alkanes) is 9. The summed E-state index contributed by atoms with van der Waals surface area (Å²) in [6, 6.07) is 17.0. The molecule has 0 spiro atoms. The van der Waals surface area contributed by atoms with Gasteiger partial charge in [0, 0.05) is 0 Å². The summed E-state index contributed by atoms with van der Waals surface area (Å²) < 4.78 is 27.6. The van der Waals surface area contributed by atoms with Gasteiger partial charge in [-0.2, -0.15) is 0 Å². The van der Waals surface area contributed by atoms with Crippen molar-refractivity contribution in [3.63, 3.8) is 0 Å². The first kappa shape index (κ1) is 23.3. The molecule has 0 radical (unpaired) electrons. The summed E-state index contributed by atoms with van der Waals surface area (Å²) in [5.74, 6) is 0. The van der Waals surface area contributed by atoms with E-state index in [4.69, 9.17) is 0 Å². The standard InChI is InChI=1S/C12H25.C6H5.C6H4.2Co.2O/c1-3-5-7-9-11-12-10-8-6-4-2;2*1-2-4-6-5-3-1;;;;/h1,3-12H2,2H3;1-5H;1-2,5-6H;;;;. The predicted molar refractivity (Wildman–Crippen MR) is 110 cm³/mol. The second-order valence-corrected chi connectivity index (χ2v) is 10.9. The van der Waals surface area contributed by atoms with Gasteiger partial charge >= 0.3 is 179 Å². The van der Waals surface area contributed by atoms with Crippen LogP contribution in [0.3, 0.4) is 0 Å². The summed E-state index contributed by atoms with van der Waals surface area (Å²) in [5, 5.41) is 0.757. The minimum absolute atomic E-state index is 0.757. The van der Waals surface area contributed by atoms with Crippen molar-refractivity contribution in [1.82, 2.24) is 0 Å². The second kappa shape index (κ2) is 14.1. The van der Waals surface area contributed by atoms with Crippen LogP contribution in [0.5, 0.6) is 0 Å². The van der Waals surface area contributed by atoms with Crippen LogP contribution in [-0.2, 0) is 34.9 Å². The second-order valence-electron chi connectivity index (χ2n) is 7.00. The minimum atomic E-state index is -1.55. The van der Waals surface area contributed by atoms with E-state index in [0.29, 0.717) is 0 Å². The van der Waals surface area contributed by atoms with E-state index >= 15 is 0 Å². The van der Waals surface area contributed by atoms with Crippen molar-refractivity contribution in [2.75, 3.05) is 0 Å². The average Bonchev–Trinajstić information content (AvgIpc) is 2.75. The maximum absolute atomic E-state index is 12.6. The molecule has 4 heteroatoms. The molecule has 0 heterocycles. The molecular formula is C24H34Co2O2. The van der Waals surface area contributed by atoms with E-state index in [0.717, 1.165) is 25.3 Å². The molecular weight excluding hydrogens is 438 g/mol. The SMILES string of the molecule is CCCCCCCCCCC[CH2][Co](=[O])[c]1cc[c]([Co](=[O])[c]2ccccc2)cc1. The molecule has 0 aliphatic heterocycles. The van der Waals surface area contributed by atoms with Crippen molar-refractivity contribution in [2.24, 2.45) is 0 Å². The fraction of sp³-hybridized carbons (Fsp3) is 0.500. The Balaban J connectivity index is 1.64. The molecule has 0 saturated carbocycles. The molecule has 0 saturated heterocycles. The normalized spacial score (nSPS) is 12.0. The van der Waals surface area contributed by atoms with E-state index in [2.05, 4.69) is 6.92 Å². The molecule has 0 atom stereocenters. The molecule has 0 amide bonds. The Hall–Kier alpha value is -0.947. The summed E-state index contributed by atoms with van der Waals surface area (Å²) in [6.07, 6.45) is 12.9. The fourth-order valence-corrected chi connectivity index (χ4v) is 5.84. The summed E-state index contributed by atoms with van der Waals surface area (Å²) in [4.78, 5) is 0. The zero-order valence-corrected chi connectivity index (χ0v) is 19.0. The molecule has 0 bridgehead atoms. The van der Waals surface area contributed by atoms with E-state index in [-0.39, 0.29) is 0 Å². The third-order valence-corrected chi connectivity index (χ3v) is 8.32. The Bertz CT molecular complexity index is 711. The summed E-state index contributed by atoms with van der Waals surface area (Å²) >= 11 is -2.87. The summed E-state index contributed by atoms with van der Waals surface area (Å²) in [6.45, 7) is 2.26. The third-order valence-electron chi connectivity index (χ3n) is 4.68. The van der Waals surface area contributed by atoms with E-state index < -0.39 is 27.2 Å². The van der Waals surface area contributed by atoms with Crippen molar-refractivity contribution in [3.05, 3.63) is 54.6 Å². The predicted octanol–water partition coefficient (Wildman–Crippen LogP) is 5.53. The fourth-order valence-electron chi connectivity index (χ4n) is 3.03. The molecule has 2 rings (SSSR count). The van der Waals surface area contributed by atoms with Crippen LogP contribution < -0.4 is 13.5 Å². The molecule has 28 heavy (non-hydrogen) atoms. The van der Waals surface area contributed by atoms with Crippen LogP contribution in [0.1, 0.15) is 71.1 Å². The zero-order valence-electron chi connectivity index (χ0n) is 17.0. The van der Waals surface area contributed by atoms with Crippen LogP contribution in [0.15, 0.2) is 54.6 Å². The first-order chi connectivity index (χ1) is 13.7. The molecule has 0 aliphatic carbocycles. The summed E-state index contributed by atoms with van der Waals surface area (Å²) in [5.41, 5.74) is 0. The Morgan fingerprint density at radius 3 is 1.61 bits per heavy atom. The molecule has 2 aromatic carbocycles. The van der Waals surface area contributed by atoms with Gasteiger partial charge < -0.3 is 0 Å².